The number of methoxy groups -OCH3 is 1. The number of hydrogen-bond donors (Lipinski definition) is 0. The van der Waals surface area contributed by atoms with Crippen molar-refractivity contribution in [3.8, 4) is 5.75 Å². The third kappa shape index (κ3) is 2.64. The van der Waals surface area contributed by atoms with E-state index in [0.29, 0.717) is 21.8 Å². The first-order valence-electron chi connectivity index (χ1n) is 8.71. The second-order valence-electron chi connectivity index (χ2n) is 6.48. The number of thiazole rings is 1. The van der Waals surface area contributed by atoms with Gasteiger partial charge in [0.1, 0.15) is 17.1 Å². The van der Waals surface area contributed by atoms with Crippen LogP contribution in [0.3, 0.4) is 0 Å². The number of amides is 1. The Labute approximate surface area is 167 Å². The SMILES string of the molecule is COc1ccc2c(=O)c3c(oc2c1)C(=O)N(c1nccs1)[C@@H]3c1cccc(F)c1. The van der Waals surface area contributed by atoms with Crippen molar-refractivity contribution in [2.75, 3.05) is 12.0 Å². The lowest BCUT2D eigenvalue weighted by Gasteiger charge is -2.22. The van der Waals surface area contributed by atoms with Crippen LogP contribution in [0.15, 0.2) is 63.3 Å². The number of nitrogens with zero attached hydrogens (tertiary/aromatic N) is 2. The molecule has 2 aromatic carbocycles. The monoisotopic (exact) mass is 408 g/mol. The van der Waals surface area contributed by atoms with Gasteiger partial charge in [0.05, 0.1) is 24.1 Å². The third-order valence-corrected chi connectivity index (χ3v) is 5.64. The zero-order chi connectivity index (χ0) is 20.1. The Balaban J connectivity index is 1.82. The van der Waals surface area contributed by atoms with Crippen LogP contribution in [-0.2, 0) is 0 Å². The molecule has 2 aromatic heterocycles. The average Bonchev–Trinajstić information content (AvgIpc) is 3.34. The normalized spacial score (nSPS) is 15.7. The van der Waals surface area contributed by atoms with Gasteiger partial charge in [-0.1, -0.05) is 12.1 Å². The van der Waals surface area contributed by atoms with E-state index in [4.69, 9.17) is 9.15 Å². The van der Waals surface area contributed by atoms with Gasteiger partial charge in [-0.3, -0.25) is 14.5 Å². The number of rotatable bonds is 3. The van der Waals surface area contributed by atoms with Gasteiger partial charge in [-0.2, -0.15) is 0 Å². The summed E-state index contributed by atoms with van der Waals surface area (Å²) in [6, 6.07) is 9.82. The second-order valence-corrected chi connectivity index (χ2v) is 7.36. The smallest absolute Gasteiger partial charge is 0.297 e. The summed E-state index contributed by atoms with van der Waals surface area (Å²) in [7, 11) is 1.50. The Bertz CT molecular complexity index is 1320. The molecule has 0 spiro atoms. The van der Waals surface area contributed by atoms with E-state index < -0.39 is 17.8 Å². The first kappa shape index (κ1) is 17.6. The molecule has 0 saturated heterocycles. The van der Waals surface area contributed by atoms with Crippen molar-refractivity contribution >= 4 is 33.3 Å². The van der Waals surface area contributed by atoms with E-state index in [1.165, 1.54) is 35.5 Å². The zero-order valence-electron chi connectivity index (χ0n) is 15.1. The van der Waals surface area contributed by atoms with Gasteiger partial charge >= 0.3 is 0 Å². The molecule has 0 radical (unpaired) electrons. The Morgan fingerprint density at radius 3 is 2.79 bits per heavy atom. The van der Waals surface area contributed by atoms with E-state index in [9.17, 15) is 14.0 Å². The molecular weight excluding hydrogens is 395 g/mol. The van der Waals surface area contributed by atoms with Crippen molar-refractivity contribution in [1.82, 2.24) is 4.98 Å². The first-order valence-corrected chi connectivity index (χ1v) is 9.59. The van der Waals surface area contributed by atoms with Gasteiger partial charge in [-0.05, 0) is 29.8 Å². The number of carbonyl (C=O) groups is 1. The van der Waals surface area contributed by atoms with Gasteiger partial charge in [-0.15, -0.1) is 11.3 Å². The quantitative estimate of drug-likeness (QED) is 0.509. The highest BCUT2D eigenvalue weighted by Gasteiger charge is 2.44. The maximum absolute atomic E-state index is 14.0. The number of anilines is 1. The Morgan fingerprint density at radius 1 is 1.21 bits per heavy atom. The largest absolute Gasteiger partial charge is 0.497 e. The van der Waals surface area contributed by atoms with Crippen molar-refractivity contribution in [2.24, 2.45) is 0 Å². The van der Waals surface area contributed by atoms with Crippen molar-refractivity contribution in [2.45, 2.75) is 6.04 Å². The second kappa shape index (κ2) is 6.52. The predicted molar refractivity (Wildman–Crippen MR) is 106 cm³/mol. The molecule has 0 saturated carbocycles. The Kier molecular flexibility index (Phi) is 3.95. The Morgan fingerprint density at radius 2 is 2.07 bits per heavy atom. The minimum absolute atomic E-state index is 0.0692. The lowest BCUT2D eigenvalue weighted by atomic mass is 9.98. The van der Waals surface area contributed by atoms with E-state index in [1.54, 1.807) is 41.9 Å². The molecule has 0 unspecified atom stereocenters. The molecule has 144 valence electrons. The fourth-order valence-electron chi connectivity index (χ4n) is 3.60. The number of hydrogen-bond acceptors (Lipinski definition) is 6. The maximum Gasteiger partial charge on any atom is 0.297 e. The number of aromatic nitrogens is 1. The van der Waals surface area contributed by atoms with Crippen molar-refractivity contribution < 1.29 is 18.3 Å². The number of ether oxygens (including phenoxy) is 1. The molecule has 0 fully saturated rings. The molecule has 1 aliphatic rings. The fraction of sp³-hybridized carbons (Fsp3) is 0.0952. The summed E-state index contributed by atoms with van der Waals surface area (Å²) in [5.41, 5.74) is 0.548. The molecule has 1 aliphatic heterocycles. The van der Waals surface area contributed by atoms with Crippen LogP contribution in [0.25, 0.3) is 11.0 Å². The predicted octanol–water partition coefficient (Wildman–Crippen LogP) is 4.15. The van der Waals surface area contributed by atoms with Crippen LogP contribution in [0.1, 0.15) is 27.7 Å². The van der Waals surface area contributed by atoms with Crippen LogP contribution in [0.5, 0.6) is 5.75 Å². The average molecular weight is 408 g/mol. The van der Waals surface area contributed by atoms with E-state index in [-0.39, 0.29) is 22.3 Å². The summed E-state index contributed by atoms with van der Waals surface area (Å²) < 4.78 is 25.0. The molecule has 1 atom stereocenters. The summed E-state index contributed by atoms with van der Waals surface area (Å²) in [5, 5.41) is 2.45. The van der Waals surface area contributed by atoms with Gasteiger partial charge in [-0.25, -0.2) is 9.37 Å². The summed E-state index contributed by atoms with van der Waals surface area (Å²) in [6.07, 6.45) is 1.56. The molecule has 4 aromatic rings. The summed E-state index contributed by atoms with van der Waals surface area (Å²) in [6.45, 7) is 0. The topological polar surface area (TPSA) is 72.6 Å². The van der Waals surface area contributed by atoms with Crippen LogP contribution in [0.2, 0.25) is 0 Å². The molecule has 0 bridgehead atoms. The minimum atomic E-state index is -0.831. The van der Waals surface area contributed by atoms with Crippen LogP contribution < -0.4 is 15.1 Å². The van der Waals surface area contributed by atoms with E-state index in [1.807, 2.05) is 0 Å². The van der Waals surface area contributed by atoms with Crippen LogP contribution in [0.4, 0.5) is 9.52 Å². The van der Waals surface area contributed by atoms with Gasteiger partial charge in [0.25, 0.3) is 5.91 Å². The molecule has 6 nitrogen and oxygen atoms in total. The summed E-state index contributed by atoms with van der Waals surface area (Å²) in [5.74, 6) is -0.520. The molecule has 0 N–H and O–H groups in total. The van der Waals surface area contributed by atoms with Gasteiger partial charge < -0.3 is 9.15 Å². The van der Waals surface area contributed by atoms with E-state index in [2.05, 4.69) is 4.98 Å². The molecule has 0 aliphatic carbocycles. The number of fused-ring (bicyclic) bond motifs is 2. The molecule has 5 rings (SSSR count). The number of carbonyl (C=O) groups excluding carboxylic acids is 1. The van der Waals surface area contributed by atoms with Crippen molar-refractivity contribution in [3.05, 3.63) is 87.0 Å². The van der Waals surface area contributed by atoms with Crippen LogP contribution >= 0.6 is 11.3 Å². The van der Waals surface area contributed by atoms with Gasteiger partial charge in [0, 0.05) is 17.6 Å². The maximum atomic E-state index is 14.0. The summed E-state index contributed by atoms with van der Waals surface area (Å²) >= 11 is 1.25. The Hall–Kier alpha value is -3.52. The van der Waals surface area contributed by atoms with E-state index in [0.717, 1.165) is 0 Å². The van der Waals surface area contributed by atoms with Crippen molar-refractivity contribution in [3.63, 3.8) is 0 Å². The fourth-order valence-corrected chi connectivity index (χ4v) is 4.27. The highest BCUT2D eigenvalue weighted by Crippen LogP contribution is 2.42. The lowest BCUT2D eigenvalue weighted by molar-refractivity contribution is 0.0971. The third-order valence-electron chi connectivity index (χ3n) is 4.87. The lowest BCUT2D eigenvalue weighted by Crippen LogP contribution is -2.29. The number of benzene rings is 2. The minimum Gasteiger partial charge on any atom is -0.497 e. The van der Waals surface area contributed by atoms with Crippen LogP contribution in [0, 0.1) is 5.82 Å². The highest BCUT2D eigenvalue weighted by molar-refractivity contribution is 7.13. The summed E-state index contributed by atoms with van der Waals surface area (Å²) in [4.78, 5) is 32.2. The zero-order valence-corrected chi connectivity index (χ0v) is 15.9. The molecule has 8 heteroatoms. The molecule has 29 heavy (non-hydrogen) atoms. The molecule has 1 amide bonds. The first-order chi connectivity index (χ1) is 14.1. The van der Waals surface area contributed by atoms with Gasteiger partial charge in [0.15, 0.2) is 10.6 Å². The molecular formula is C21H13FN2O4S. The van der Waals surface area contributed by atoms with Gasteiger partial charge in [0.2, 0.25) is 5.76 Å². The van der Waals surface area contributed by atoms with E-state index >= 15 is 0 Å². The van der Waals surface area contributed by atoms with Crippen LogP contribution in [-0.4, -0.2) is 18.0 Å². The molecule has 3 heterocycles. The van der Waals surface area contributed by atoms with Crippen molar-refractivity contribution in [1.29, 1.82) is 0 Å². The number of halogens is 1. The highest BCUT2D eigenvalue weighted by atomic mass is 32.1. The standard InChI is InChI=1S/C21H13FN2O4S/c1-27-13-5-6-14-15(10-13)28-19-16(18(14)25)17(11-3-2-4-12(22)9-11)24(20(19)26)21-23-7-8-29-21/h2-10,17H,1H3/t17-/m1/s1.